The van der Waals surface area contributed by atoms with Crippen LogP contribution in [0.2, 0.25) is 0 Å². The molecule has 3 saturated heterocycles. The van der Waals surface area contributed by atoms with E-state index in [9.17, 15) is 19.5 Å². The molecule has 0 saturated carbocycles. The van der Waals surface area contributed by atoms with Gasteiger partial charge in [0.25, 0.3) is 5.91 Å². The number of benzene rings is 1. The number of anilines is 1. The van der Waals surface area contributed by atoms with E-state index in [-0.39, 0.29) is 29.6 Å². The summed E-state index contributed by atoms with van der Waals surface area (Å²) in [4.78, 5) is 45.7. The number of aliphatic hydroxyl groups is 1. The van der Waals surface area contributed by atoms with Crippen LogP contribution in [0.25, 0.3) is 0 Å². The number of thioether (sulfide) groups is 1. The molecule has 2 unspecified atom stereocenters. The Hall–Kier alpha value is -2.58. The standard InChI is InChI=1S/C31H42N2O5S/c1-6-9-10-11-18-38-30(37)24-23-15-16-31(39-23)25(24)28(35)33(22(8-3)19-34)27(31)29(36)32(17-7-2)26-20(4)13-12-14-21(26)5/h6-7,12-14,22-25,27,34H,1-2,8-11,15-19H2,3-5H3/t22-,23+,24-,25-,27?,31?/m0/s1. The molecule has 3 heterocycles. The van der Waals surface area contributed by atoms with Crippen molar-refractivity contribution >= 4 is 35.2 Å². The zero-order chi connectivity index (χ0) is 28.3. The second-order valence-corrected chi connectivity index (χ2v) is 12.6. The molecule has 7 nitrogen and oxygen atoms in total. The smallest absolute Gasteiger partial charge is 0.310 e. The summed E-state index contributed by atoms with van der Waals surface area (Å²) in [6.45, 7) is 13.9. The number of rotatable bonds is 13. The molecule has 1 N–H and O–H groups in total. The summed E-state index contributed by atoms with van der Waals surface area (Å²) in [5.74, 6) is -1.95. The highest BCUT2D eigenvalue weighted by atomic mass is 32.2. The van der Waals surface area contributed by atoms with Gasteiger partial charge in [0.1, 0.15) is 6.04 Å². The summed E-state index contributed by atoms with van der Waals surface area (Å²) in [6, 6.07) is 4.62. The minimum atomic E-state index is -0.786. The third kappa shape index (κ3) is 5.06. The van der Waals surface area contributed by atoms with Gasteiger partial charge >= 0.3 is 5.97 Å². The van der Waals surface area contributed by atoms with Gasteiger partial charge < -0.3 is 19.6 Å². The van der Waals surface area contributed by atoms with Crippen LogP contribution in [0.15, 0.2) is 43.5 Å². The van der Waals surface area contributed by atoms with Crippen LogP contribution in [0, 0.1) is 25.7 Å². The number of ether oxygens (including phenoxy) is 1. The predicted molar refractivity (Wildman–Crippen MR) is 156 cm³/mol. The Kier molecular flexibility index (Phi) is 9.27. The highest BCUT2D eigenvalue weighted by Crippen LogP contribution is 2.67. The summed E-state index contributed by atoms with van der Waals surface area (Å²) in [7, 11) is 0. The van der Waals surface area contributed by atoms with E-state index in [1.54, 1.807) is 27.6 Å². The third-order valence-electron chi connectivity index (χ3n) is 8.65. The lowest BCUT2D eigenvalue weighted by molar-refractivity contribution is -0.154. The van der Waals surface area contributed by atoms with Crippen LogP contribution in [0.3, 0.4) is 0 Å². The van der Waals surface area contributed by atoms with Crippen molar-refractivity contribution in [3.8, 4) is 0 Å². The second-order valence-electron chi connectivity index (χ2n) is 11.0. The molecule has 4 rings (SSSR count). The van der Waals surface area contributed by atoms with E-state index in [0.717, 1.165) is 42.5 Å². The molecule has 0 aliphatic carbocycles. The van der Waals surface area contributed by atoms with Crippen molar-refractivity contribution in [2.45, 2.75) is 81.4 Å². The Balaban J connectivity index is 1.73. The highest BCUT2D eigenvalue weighted by Gasteiger charge is 2.74. The summed E-state index contributed by atoms with van der Waals surface area (Å²) in [6.07, 6.45) is 7.98. The maximum Gasteiger partial charge on any atom is 0.310 e. The van der Waals surface area contributed by atoms with E-state index in [4.69, 9.17) is 4.74 Å². The van der Waals surface area contributed by atoms with Crippen molar-refractivity contribution in [1.82, 2.24) is 4.90 Å². The molecular weight excluding hydrogens is 512 g/mol. The van der Waals surface area contributed by atoms with Crippen LogP contribution in [-0.4, -0.2) is 69.6 Å². The van der Waals surface area contributed by atoms with Crippen LogP contribution in [-0.2, 0) is 19.1 Å². The first-order valence-electron chi connectivity index (χ1n) is 14.1. The number of likely N-dealkylation sites (tertiary alicyclic amines) is 1. The molecule has 6 atom stereocenters. The quantitative estimate of drug-likeness (QED) is 0.218. The molecule has 1 aromatic rings. The van der Waals surface area contributed by atoms with Crippen molar-refractivity contribution < 1.29 is 24.2 Å². The molecule has 212 valence electrons. The van der Waals surface area contributed by atoms with E-state index >= 15 is 0 Å². The van der Waals surface area contributed by atoms with Gasteiger partial charge in [0.05, 0.1) is 35.8 Å². The number of nitrogens with zero attached hydrogens (tertiary/aromatic N) is 2. The molecular formula is C31H42N2O5S. The van der Waals surface area contributed by atoms with Crippen molar-refractivity contribution in [2.75, 3.05) is 24.7 Å². The molecule has 8 heteroatoms. The Bertz CT molecular complexity index is 1100. The van der Waals surface area contributed by atoms with E-state index in [1.807, 2.05) is 45.0 Å². The number of carbonyl (C=O) groups is 3. The van der Waals surface area contributed by atoms with Gasteiger partial charge in [0, 0.05) is 17.5 Å². The van der Waals surface area contributed by atoms with Crippen LogP contribution in [0.1, 0.15) is 56.6 Å². The highest BCUT2D eigenvalue weighted by molar-refractivity contribution is 8.02. The summed E-state index contributed by atoms with van der Waals surface area (Å²) < 4.78 is 4.96. The topological polar surface area (TPSA) is 87.1 Å². The average Bonchev–Trinajstić information content (AvgIpc) is 3.56. The number of allylic oxidation sites excluding steroid dienone is 1. The van der Waals surface area contributed by atoms with E-state index in [0.29, 0.717) is 26.0 Å². The number of hydrogen-bond acceptors (Lipinski definition) is 6. The van der Waals surface area contributed by atoms with Gasteiger partial charge in [-0.15, -0.1) is 24.9 Å². The monoisotopic (exact) mass is 554 g/mol. The maximum absolute atomic E-state index is 14.7. The third-order valence-corrected chi connectivity index (χ3v) is 10.6. The number of carbonyl (C=O) groups excluding carboxylic acids is 3. The minimum absolute atomic E-state index is 0.0562. The molecule has 1 spiro atoms. The van der Waals surface area contributed by atoms with Crippen LogP contribution in [0.5, 0.6) is 0 Å². The molecule has 0 aromatic heterocycles. The molecule has 2 amide bonds. The van der Waals surface area contributed by atoms with Crippen molar-refractivity contribution in [1.29, 1.82) is 0 Å². The van der Waals surface area contributed by atoms with Crippen LogP contribution < -0.4 is 4.90 Å². The average molecular weight is 555 g/mol. The van der Waals surface area contributed by atoms with Gasteiger partial charge in [-0.1, -0.05) is 37.3 Å². The first-order chi connectivity index (χ1) is 18.8. The van der Waals surface area contributed by atoms with Crippen LogP contribution in [0.4, 0.5) is 5.69 Å². The lowest BCUT2D eigenvalue weighted by atomic mass is 9.71. The normalized spacial score (nSPS) is 27.8. The molecule has 3 aliphatic rings. The number of para-hydroxylation sites is 1. The molecule has 0 radical (unpaired) electrons. The first kappa shape index (κ1) is 29.4. The number of hydrogen-bond donors (Lipinski definition) is 1. The molecule has 3 fully saturated rings. The van der Waals surface area contributed by atoms with Crippen molar-refractivity contribution in [2.24, 2.45) is 11.8 Å². The number of unbranched alkanes of at least 4 members (excludes halogenated alkanes) is 2. The molecule has 2 bridgehead atoms. The minimum Gasteiger partial charge on any atom is -0.465 e. The molecule has 1 aromatic carbocycles. The predicted octanol–water partition coefficient (Wildman–Crippen LogP) is 4.58. The molecule has 39 heavy (non-hydrogen) atoms. The molecule has 3 aliphatic heterocycles. The van der Waals surface area contributed by atoms with Gasteiger partial charge in [-0.2, -0.15) is 0 Å². The Morgan fingerprint density at radius 3 is 2.59 bits per heavy atom. The zero-order valence-corrected chi connectivity index (χ0v) is 24.3. The van der Waals surface area contributed by atoms with Gasteiger partial charge in [0.2, 0.25) is 5.91 Å². The lowest BCUT2D eigenvalue weighted by Gasteiger charge is -2.40. The van der Waals surface area contributed by atoms with Gasteiger partial charge in [0.15, 0.2) is 0 Å². The SMILES string of the molecule is C=CCCCCOC(=O)[C@@H]1[C@H]2C(=O)N([C@@H](CC)CO)C(C(=O)N(CC=C)c3c(C)cccc3C)C23CC[C@H]1S3. The fraction of sp³-hybridized carbons (Fsp3) is 0.581. The largest absolute Gasteiger partial charge is 0.465 e. The summed E-state index contributed by atoms with van der Waals surface area (Å²) >= 11 is 1.62. The first-order valence-corrected chi connectivity index (χ1v) is 15.0. The van der Waals surface area contributed by atoms with E-state index < -0.39 is 28.7 Å². The zero-order valence-electron chi connectivity index (χ0n) is 23.4. The lowest BCUT2D eigenvalue weighted by Crippen LogP contribution is -2.57. The summed E-state index contributed by atoms with van der Waals surface area (Å²) in [5.41, 5.74) is 2.75. The van der Waals surface area contributed by atoms with Gasteiger partial charge in [-0.25, -0.2) is 0 Å². The van der Waals surface area contributed by atoms with Gasteiger partial charge in [-0.05, 0) is 63.5 Å². The fourth-order valence-corrected chi connectivity index (χ4v) is 9.09. The Morgan fingerprint density at radius 2 is 1.97 bits per heavy atom. The number of aliphatic hydroxyl groups excluding tert-OH is 1. The van der Waals surface area contributed by atoms with E-state index in [2.05, 4.69) is 13.2 Å². The van der Waals surface area contributed by atoms with Crippen molar-refractivity contribution in [3.05, 3.63) is 54.6 Å². The second kappa shape index (κ2) is 12.3. The maximum atomic E-state index is 14.7. The fourth-order valence-electron chi connectivity index (χ4n) is 6.90. The number of esters is 1. The van der Waals surface area contributed by atoms with Gasteiger partial charge in [-0.3, -0.25) is 14.4 Å². The summed E-state index contributed by atoms with van der Waals surface area (Å²) in [5, 5.41) is 10.2. The Morgan fingerprint density at radius 1 is 1.26 bits per heavy atom. The number of amides is 2. The van der Waals surface area contributed by atoms with Crippen LogP contribution >= 0.6 is 11.8 Å². The number of fused-ring (bicyclic) bond motifs is 1. The van der Waals surface area contributed by atoms with Crippen molar-refractivity contribution in [3.63, 3.8) is 0 Å². The van der Waals surface area contributed by atoms with E-state index in [1.165, 1.54) is 0 Å². The number of aryl methyl sites for hydroxylation is 2. The Labute approximate surface area is 236 Å².